The molecule has 2 heteroatoms. The summed E-state index contributed by atoms with van der Waals surface area (Å²) in [6.07, 6.45) is 6.97. The molecule has 1 aromatic carbocycles. The third-order valence-corrected chi connectivity index (χ3v) is 3.48. The highest BCUT2D eigenvalue weighted by Gasteiger charge is 2.14. The van der Waals surface area contributed by atoms with Crippen LogP contribution in [0.1, 0.15) is 49.1 Å². The number of hydroxylamine groups is 1. The maximum absolute atomic E-state index is 4.84. The van der Waals surface area contributed by atoms with E-state index in [1.807, 2.05) is 0 Å². The van der Waals surface area contributed by atoms with E-state index in [4.69, 9.17) is 4.84 Å². The van der Waals surface area contributed by atoms with E-state index in [1.54, 1.807) is 7.11 Å². The van der Waals surface area contributed by atoms with Crippen LogP contribution in [0.4, 0.5) is 0 Å². The van der Waals surface area contributed by atoms with Gasteiger partial charge < -0.3 is 4.84 Å². The lowest BCUT2D eigenvalue weighted by Gasteiger charge is -2.22. The highest BCUT2D eigenvalue weighted by Crippen LogP contribution is 2.32. The zero-order valence-corrected chi connectivity index (χ0v) is 10.0. The predicted octanol–water partition coefficient (Wildman–Crippen LogP) is 3.39. The fraction of sp³-hybridized carbons (Fsp3) is 0.571. The summed E-state index contributed by atoms with van der Waals surface area (Å²) in [5.41, 5.74) is 5.66. The van der Waals surface area contributed by atoms with Gasteiger partial charge in [-0.05, 0) is 29.9 Å². The van der Waals surface area contributed by atoms with Crippen LogP contribution in [0.25, 0.3) is 0 Å². The van der Waals surface area contributed by atoms with Gasteiger partial charge in [0.2, 0.25) is 0 Å². The Labute approximate surface area is 98.0 Å². The van der Waals surface area contributed by atoms with E-state index in [9.17, 15) is 0 Å². The van der Waals surface area contributed by atoms with Crippen molar-refractivity contribution >= 4 is 0 Å². The minimum Gasteiger partial charge on any atom is -0.305 e. The number of hydrogen-bond donors (Lipinski definition) is 1. The summed E-state index contributed by atoms with van der Waals surface area (Å²) in [6.45, 7) is 0.779. The number of nitrogens with one attached hydrogen (secondary N) is 1. The van der Waals surface area contributed by atoms with Crippen molar-refractivity contribution in [1.29, 1.82) is 0 Å². The average molecular weight is 219 g/mol. The van der Waals surface area contributed by atoms with Crippen LogP contribution in [0.5, 0.6) is 0 Å². The number of benzene rings is 1. The first-order valence-electron chi connectivity index (χ1n) is 6.25. The monoisotopic (exact) mass is 219 g/mol. The maximum atomic E-state index is 4.84. The Morgan fingerprint density at radius 1 is 1.12 bits per heavy atom. The molecule has 1 fully saturated rings. The van der Waals surface area contributed by atoms with Gasteiger partial charge in [0, 0.05) is 6.54 Å². The van der Waals surface area contributed by atoms with Crippen LogP contribution in [-0.4, -0.2) is 7.11 Å². The third-order valence-electron chi connectivity index (χ3n) is 3.48. The van der Waals surface area contributed by atoms with Gasteiger partial charge >= 0.3 is 0 Å². The molecule has 0 amide bonds. The van der Waals surface area contributed by atoms with Crippen LogP contribution >= 0.6 is 0 Å². The SMILES string of the molecule is CONCc1ccc(C2CCCCC2)cc1. The molecule has 0 spiro atoms. The lowest BCUT2D eigenvalue weighted by atomic mass is 9.84. The van der Waals surface area contributed by atoms with Gasteiger partial charge in [-0.1, -0.05) is 43.5 Å². The van der Waals surface area contributed by atoms with E-state index < -0.39 is 0 Å². The molecule has 16 heavy (non-hydrogen) atoms. The molecule has 2 rings (SSSR count). The van der Waals surface area contributed by atoms with Crippen molar-refractivity contribution < 1.29 is 4.84 Å². The molecular weight excluding hydrogens is 198 g/mol. The Kier molecular flexibility index (Phi) is 4.37. The van der Waals surface area contributed by atoms with Crippen molar-refractivity contribution in [3.63, 3.8) is 0 Å². The summed E-state index contributed by atoms with van der Waals surface area (Å²) in [6, 6.07) is 8.97. The van der Waals surface area contributed by atoms with Gasteiger partial charge in [0.1, 0.15) is 0 Å². The van der Waals surface area contributed by atoms with Crippen molar-refractivity contribution in [1.82, 2.24) is 5.48 Å². The van der Waals surface area contributed by atoms with Crippen LogP contribution in [0.2, 0.25) is 0 Å². The summed E-state index contributed by atoms with van der Waals surface area (Å²) in [4.78, 5) is 4.84. The standard InChI is InChI=1S/C14H21NO/c1-16-15-11-12-7-9-14(10-8-12)13-5-3-2-4-6-13/h7-10,13,15H,2-6,11H2,1H3. The fourth-order valence-corrected chi connectivity index (χ4v) is 2.50. The molecule has 0 heterocycles. The molecule has 1 aliphatic carbocycles. The van der Waals surface area contributed by atoms with Gasteiger partial charge in [-0.2, -0.15) is 5.48 Å². The summed E-state index contributed by atoms with van der Waals surface area (Å²) in [5.74, 6) is 0.804. The minimum atomic E-state index is 0.779. The smallest absolute Gasteiger partial charge is 0.0572 e. The predicted molar refractivity (Wildman–Crippen MR) is 66.1 cm³/mol. The number of rotatable bonds is 4. The zero-order chi connectivity index (χ0) is 11.2. The molecule has 88 valence electrons. The topological polar surface area (TPSA) is 21.3 Å². The fourth-order valence-electron chi connectivity index (χ4n) is 2.50. The summed E-state index contributed by atoms with van der Waals surface area (Å²) >= 11 is 0. The van der Waals surface area contributed by atoms with E-state index in [0.29, 0.717) is 0 Å². The Balaban J connectivity index is 1.95. The molecule has 0 aromatic heterocycles. The van der Waals surface area contributed by atoms with Crippen LogP contribution in [0.3, 0.4) is 0 Å². The normalized spacial score (nSPS) is 17.6. The molecule has 0 bridgehead atoms. The molecular formula is C14H21NO. The van der Waals surface area contributed by atoms with Crippen molar-refractivity contribution in [2.45, 2.75) is 44.6 Å². The Bertz CT molecular complexity index is 301. The molecule has 2 nitrogen and oxygen atoms in total. The molecule has 1 saturated carbocycles. The maximum Gasteiger partial charge on any atom is 0.0572 e. The van der Waals surface area contributed by atoms with E-state index in [2.05, 4.69) is 29.7 Å². The molecule has 0 unspecified atom stereocenters. The van der Waals surface area contributed by atoms with Crippen molar-refractivity contribution in [2.24, 2.45) is 0 Å². The first-order valence-corrected chi connectivity index (χ1v) is 6.25. The molecule has 0 aliphatic heterocycles. The first-order chi connectivity index (χ1) is 7.90. The first kappa shape index (κ1) is 11.6. The second-order valence-electron chi connectivity index (χ2n) is 4.60. The Hall–Kier alpha value is -0.860. The minimum absolute atomic E-state index is 0.779. The molecule has 0 saturated heterocycles. The van der Waals surface area contributed by atoms with Crippen molar-refractivity contribution in [3.8, 4) is 0 Å². The van der Waals surface area contributed by atoms with E-state index in [1.165, 1.54) is 43.2 Å². The van der Waals surface area contributed by atoms with Crippen LogP contribution in [-0.2, 0) is 11.4 Å². The largest absolute Gasteiger partial charge is 0.305 e. The molecule has 0 atom stereocenters. The Morgan fingerprint density at radius 2 is 1.81 bits per heavy atom. The third kappa shape index (κ3) is 3.06. The van der Waals surface area contributed by atoms with Crippen LogP contribution in [0.15, 0.2) is 24.3 Å². The lowest BCUT2D eigenvalue weighted by Crippen LogP contribution is -2.11. The van der Waals surface area contributed by atoms with Gasteiger partial charge in [0.05, 0.1) is 7.11 Å². The second kappa shape index (κ2) is 6.02. The van der Waals surface area contributed by atoms with Crippen LogP contribution in [0, 0.1) is 0 Å². The summed E-state index contributed by atoms with van der Waals surface area (Å²) in [5, 5.41) is 0. The highest BCUT2D eigenvalue weighted by molar-refractivity contribution is 5.25. The van der Waals surface area contributed by atoms with E-state index in [-0.39, 0.29) is 0 Å². The molecule has 1 N–H and O–H groups in total. The Morgan fingerprint density at radius 3 is 2.44 bits per heavy atom. The second-order valence-corrected chi connectivity index (χ2v) is 4.60. The molecule has 1 aromatic rings. The molecule has 0 radical (unpaired) electrons. The van der Waals surface area contributed by atoms with E-state index in [0.717, 1.165) is 12.5 Å². The summed E-state index contributed by atoms with van der Waals surface area (Å²) < 4.78 is 0. The quantitative estimate of drug-likeness (QED) is 0.784. The van der Waals surface area contributed by atoms with E-state index >= 15 is 0 Å². The van der Waals surface area contributed by atoms with Crippen molar-refractivity contribution in [2.75, 3.05) is 7.11 Å². The average Bonchev–Trinajstić information content (AvgIpc) is 2.38. The highest BCUT2D eigenvalue weighted by atomic mass is 16.6. The number of hydrogen-bond acceptors (Lipinski definition) is 2. The summed E-state index contributed by atoms with van der Waals surface area (Å²) in [7, 11) is 1.65. The van der Waals surface area contributed by atoms with Gasteiger partial charge in [-0.3, -0.25) is 0 Å². The van der Waals surface area contributed by atoms with Gasteiger partial charge in [0.25, 0.3) is 0 Å². The lowest BCUT2D eigenvalue weighted by molar-refractivity contribution is 0.0867. The zero-order valence-electron chi connectivity index (χ0n) is 10.0. The van der Waals surface area contributed by atoms with Gasteiger partial charge in [-0.15, -0.1) is 0 Å². The molecule has 1 aliphatic rings. The van der Waals surface area contributed by atoms with Crippen molar-refractivity contribution in [3.05, 3.63) is 35.4 Å². The van der Waals surface area contributed by atoms with Gasteiger partial charge in [-0.25, -0.2) is 0 Å². The van der Waals surface area contributed by atoms with Crippen LogP contribution < -0.4 is 5.48 Å². The van der Waals surface area contributed by atoms with Gasteiger partial charge in [0.15, 0.2) is 0 Å².